The number of rotatable bonds is 1. The molecule has 2 N–H and O–H groups in total. The van der Waals surface area contributed by atoms with E-state index >= 15 is 0 Å². The Kier molecular flexibility index (Phi) is 2.59. The number of H-pyrrole nitrogens is 2. The second-order valence-electron chi connectivity index (χ2n) is 4.59. The van der Waals surface area contributed by atoms with Crippen molar-refractivity contribution in [1.82, 2.24) is 25.4 Å². The van der Waals surface area contributed by atoms with Crippen LogP contribution < -0.4 is 0 Å². The van der Waals surface area contributed by atoms with Gasteiger partial charge in [-0.3, -0.25) is 0 Å². The number of hydrogen-bond acceptors (Lipinski definition) is 4. The molecule has 0 unspecified atom stereocenters. The summed E-state index contributed by atoms with van der Waals surface area (Å²) < 4.78 is 0.557. The lowest BCUT2D eigenvalue weighted by molar-refractivity contribution is 0.567. The van der Waals surface area contributed by atoms with Gasteiger partial charge >= 0.3 is 0 Å². The Hall–Kier alpha value is -1.56. The number of aromatic nitrogens is 5. The average molecular weight is 235 g/mol. The Bertz CT molecular complexity index is 535. The largest absolute Gasteiger partial charge is 0.341 e. The lowest BCUT2D eigenvalue weighted by Gasteiger charge is -2.18. The molecular weight excluding hydrogens is 222 g/mol. The van der Waals surface area contributed by atoms with Crippen molar-refractivity contribution < 1.29 is 0 Å². The van der Waals surface area contributed by atoms with E-state index in [1.807, 2.05) is 6.07 Å². The van der Waals surface area contributed by atoms with Crippen LogP contribution in [-0.4, -0.2) is 25.4 Å². The van der Waals surface area contributed by atoms with E-state index in [0.29, 0.717) is 16.2 Å². The molecule has 0 fully saturated rings. The van der Waals surface area contributed by atoms with Gasteiger partial charge in [-0.15, -0.1) is 0 Å². The summed E-state index contributed by atoms with van der Waals surface area (Å²) in [5, 5.41) is 10.3. The number of hydrogen-bond donors (Lipinski definition) is 2. The van der Waals surface area contributed by atoms with E-state index < -0.39 is 0 Å². The summed E-state index contributed by atoms with van der Waals surface area (Å²) in [6, 6.07) is 1.87. The van der Waals surface area contributed by atoms with Crippen molar-refractivity contribution in [1.29, 1.82) is 0 Å². The summed E-state index contributed by atoms with van der Waals surface area (Å²) in [5.74, 6) is 0.645. The normalized spacial score (nSPS) is 11.7. The lowest BCUT2D eigenvalue weighted by Crippen LogP contribution is -2.14. The lowest BCUT2D eigenvalue weighted by atomic mass is 9.92. The average Bonchev–Trinajstić information content (AvgIpc) is 2.68. The van der Waals surface area contributed by atoms with Crippen LogP contribution in [0.1, 0.15) is 26.5 Å². The second-order valence-corrected chi connectivity index (χ2v) is 5.01. The molecule has 0 bridgehead atoms. The Morgan fingerprint density at radius 1 is 1.31 bits per heavy atom. The molecule has 0 amide bonds. The molecule has 0 aliphatic carbocycles. The first-order chi connectivity index (χ1) is 7.47. The highest BCUT2D eigenvalue weighted by atomic mass is 32.1. The van der Waals surface area contributed by atoms with Crippen molar-refractivity contribution in [3.8, 4) is 11.5 Å². The van der Waals surface area contributed by atoms with Gasteiger partial charge in [0.05, 0.1) is 6.20 Å². The van der Waals surface area contributed by atoms with Gasteiger partial charge in [0, 0.05) is 11.1 Å². The Morgan fingerprint density at radius 2 is 2.06 bits per heavy atom. The molecule has 2 heterocycles. The Balaban J connectivity index is 2.57. The maximum atomic E-state index is 5.14. The van der Waals surface area contributed by atoms with E-state index in [4.69, 9.17) is 12.2 Å². The van der Waals surface area contributed by atoms with Gasteiger partial charge in [0.2, 0.25) is 0 Å². The fraction of sp³-hybridized carbons (Fsp3) is 0.400. The van der Waals surface area contributed by atoms with Gasteiger partial charge in [0.15, 0.2) is 5.82 Å². The molecule has 0 aliphatic rings. The van der Waals surface area contributed by atoms with E-state index in [9.17, 15) is 0 Å². The van der Waals surface area contributed by atoms with Crippen LogP contribution in [0.15, 0.2) is 12.3 Å². The third-order valence-corrected chi connectivity index (χ3v) is 2.42. The topological polar surface area (TPSA) is 70.2 Å². The van der Waals surface area contributed by atoms with Crippen LogP contribution in [0.5, 0.6) is 0 Å². The predicted molar refractivity (Wildman–Crippen MR) is 63.5 cm³/mol. The standard InChI is InChI=1S/C10H13N5S/c1-10(2,3)7-4-8(16)13-9(12-7)6-5-11-15-14-6/h4-5H,1-3H3,(H,11,14,15)(H,12,13,16). The van der Waals surface area contributed by atoms with Crippen LogP contribution >= 0.6 is 12.2 Å². The van der Waals surface area contributed by atoms with E-state index in [-0.39, 0.29) is 5.41 Å². The maximum Gasteiger partial charge on any atom is 0.161 e. The van der Waals surface area contributed by atoms with E-state index in [1.165, 1.54) is 0 Å². The summed E-state index contributed by atoms with van der Waals surface area (Å²) in [6.07, 6.45) is 1.61. The summed E-state index contributed by atoms with van der Waals surface area (Å²) in [5.41, 5.74) is 1.69. The molecule has 16 heavy (non-hydrogen) atoms. The van der Waals surface area contributed by atoms with E-state index in [2.05, 4.69) is 46.1 Å². The van der Waals surface area contributed by atoms with Crippen molar-refractivity contribution >= 4 is 12.2 Å². The minimum Gasteiger partial charge on any atom is -0.341 e. The molecule has 0 spiro atoms. The first-order valence-electron chi connectivity index (χ1n) is 4.95. The van der Waals surface area contributed by atoms with E-state index in [1.54, 1.807) is 6.20 Å². The van der Waals surface area contributed by atoms with Crippen LogP contribution in [0.3, 0.4) is 0 Å². The first kappa shape index (κ1) is 10.9. The molecule has 0 aromatic carbocycles. The third-order valence-electron chi connectivity index (χ3n) is 2.21. The van der Waals surface area contributed by atoms with Crippen molar-refractivity contribution in [2.75, 3.05) is 0 Å². The number of nitrogens with zero attached hydrogens (tertiary/aromatic N) is 3. The molecule has 0 saturated heterocycles. The quantitative estimate of drug-likeness (QED) is 0.743. The first-order valence-corrected chi connectivity index (χ1v) is 5.35. The molecule has 2 aromatic heterocycles. The van der Waals surface area contributed by atoms with Gasteiger partial charge in [0.1, 0.15) is 10.3 Å². The molecule has 0 aliphatic heterocycles. The zero-order valence-corrected chi connectivity index (χ0v) is 10.2. The highest BCUT2D eigenvalue weighted by molar-refractivity contribution is 7.71. The molecule has 0 atom stereocenters. The third kappa shape index (κ3) is 2.16. The smallest absolute Gasteiger partial charge is 0.161 e. The predicted octanol–water partition coefficient (Wildman–Crippen LogP) is 2.22. The van der Waals surface area contributed by atoms with Gasteiger partial charge in [-0.1, -0.05) is 33.0 Å². The zero-order chi connectivity index (χ0) is 11.8. The molecule has 6 heteroatoms. The molecule has 0 radical (unpaired) electrons. The fourth-order valence-corrected chi connectivity index (χ4v) is 1.51. The van der Waals surface area contributed by atoms with Crippen molar-refractivity contribution in [2.24, 2.45) is 0 Å². The van der Waals surface area contributed by atoms with Crippen LogP contribution in [0.25, 0.3) is 11.5 Å². The minimum absolute atomic E-state index is 0.00497. The van der Waals surface area contributed by atoms with Crippen LogP contribution in [0.2, 0.25) is 0 Å². The van der Waals surface area contributed by atoms with Crippen LogP contribution in [0, 0.1) is 4.64 Å². The highest BCUT2D eigenvalue weighted by Gasteiger charge is 2.16. The summed E-state index contributed by atoms with van der Waals surface area (Å²) in [7, 11) is 0. The monoisotopic (exact) mass is 235 g/mol. The van der Waals surface area contributed by atoms with Gasteiger partial charge in [-0.2, -0.15) is 15.4 Å². The van der Waals surface area contributed by atoms with Crippen molar-refractivity contribution in [3.63, 3.8) is 0 Å². The number of aromatic amines is 2. The second kappa shape index (κ2) is 3.79. The van der Waals surface area contributed by atoms with Gasteiger partial charge in [0.25, 0.3) is 0 Å². The van der Waals surface area contributed by atoms with Gasteiger partial charge in [-0.25, -0.2) is 4.98 Å². The Morgan fingerprint density at radius 3 is 2.62 bits per heavy atom. The summed E-state index contributed by atoms with van der Waals surface area (Å²) in [4.78, 5) is 7.45. The van der Waals surface area contributed by atoms with Crippen molar-refractivity contribution in [3.05, 3.63) is 22.6 Å². The highest BCUT2D eigenvalue weighted by Crippen LogP contribution is 2.21. The van der Waals surface area contributed by atoms with Crippen LogP contribution in [0.4, 0.5) is 0 Å². The molecule has 2 rings (SSSR count). The minimum atomic E-state index is -0.00497. The van der Waals surface area contributed by atoms with Crippen molar-refractivity contribution in [2.45, 2.75) is 26.2 Å². The SMILES string of the molecule is CC(C)(C)c1cc(=S)nc(-c2cn[nH]n2)[nH]1. The fourth-order valence-electron chi connectivity index (χ4n) is 1.30. The molecule has 5 nitrogen and oxygen atoms in total. The molecule has 2 aromatic rings. The maximum absolute atomic E-state index is 5.14. The van der Waals surface area contributed by atoms with Crippen LogP contribution in [-0.2, 0) is 5.41 Å². The molecular formula is C10H13N5S. The molecule has 84 valence electrons. The van der Waals surface area contributed by atoms with E-state index in [0.717, 1.165) is 5.69 Å². The zero-order valence-electron chi connectivity index (χ0n) is 9.40. The Labute approximate surface area is 98.3 Å². The summed E-state index contributed by atoms with van der Waals surface area (Å²) in [6.45, 7) is 6.33. The van der Waals surface area contributed by atoms with Gasteiger partial charge < -0.3 is 4.98 Å². The number of nitrogens with one attached hydrogen (secondary N) is 2. The molecule has 0 saturated carbocycles. The summed E-state index contributed by atoms with van der Waals surface area (Å²) >= 11 is 5.14. The van der Waals surface area contributed by atoms with Gasteiger partial charge in [-0.05, 0) is 6.07 Å².